The fourth-order valence-corrected chi connectivity index (χ4v) is 3.29. The van der Waals surface area contributed by atoms with Crippen molar-refractivity contribution >= 4 is 11.0 Å². The van der Waals surface area contributed by atoms with Gasteiger partial charge in [-0.05, 0) is 57.1 Å². The number of benzene rings is 1. The Morgan fingerprint density at radius 1 is 1.19 bits per heavy atom. The van der Waals surface area contributed by atoms with Crippen LogP contribution in [0.25, 0.3) is 16.7 Å². The maximum absolute atomic E-state index is 13.0. The molecule has 0 atom stereocenters. The van der Waals surface area contributed by atoms with Crippen molar-refractivity contribution in [1.29, 1.82) is 0 Å². The summed E-state index contributed by atoms with van der Waals surface area (Å²) in [6, 6.07) is 6.93. The van der Waals surface area contributed by atoms with Gasteiger partial charge in [0.1, 0.15) is 11.9 Å². The van der Waals surface area contributed by atoms with Crippen molar-refractivity contribution in [2.45, 2.75) is 32.0 Å². The van der Waals surface area contributed by atoms with E-state index in [2.05, 4.69) is 15.4 Å². The number of alkyl halides is 3. The van der Waals surface area contributed by atoms with Crippen LogP contribution in [-0.4, -0.2) is 34.0 Å². The van der Waals surface area contributed by atoms with E-state index in [4.69, 9.17) is 4.74 Å². The molecule has 1 saturated heterocycles. The maximum atomic E-state index is 13.0. The van der Waals surface area contributed by atoms with Crippen LogP contribution in [0.4, 0.5) is 13.2 Å². The molecular formula is C19H19F3N4O. The van der Waals surface area contributed by atoms with Crippen molar-refractivity contribution in [3.8, 4) is 11.4 Å². The fourth-order valence-electron chi connectivity index (χ4n) is 3.29. The zero-order chi connectivity index (χ0) is 19.0. The van der Waals surface area contributed by atoms with E-state index in [-0.39, 0.29) is 6.10 Å². The van der Waals surface area contributed by atoms with Crippen LogP contribution >= 0.6 is 0 Å². The predicted octanol–water partition coefficient (Wildman–Crippen LogP) is 3.88. The van der Waals surface area contributed by atoms with Crippen LogP contribution in [0.15, 0.2) is 36.5 Å². The van der Waals surface area contributed by atoms with Crippen LogP contribution < -0.4 is 10.1 Å². The molecule has 3 heterocycles. The lowest BCUT2D eigenvalue weighted by molar-refractivity contribution is -0.137. The smallest absolute Gasteiger partial charge is 0.416 e. The molecule has 27 heavy (non-hydrogen) atoms. The minimum atomic E-state index is -4.41. The van der Waals surface area contributed by atoms with Gasteiger partial charge in [0.05, 0.1) is 23.1 Å². The van der Waals surface area contributed by atoms with Crippen molar-refractivity contribution in [2.75, 3.05) is 13.1 Å². The van der Waals surface area contributed by atoms with Gasteiger partial charge in [0, 0.05) is 5.39 Å². The van der Waals surface area contributed by atoms with Crippen LogP contribution in [0.1, 0.15) is 24.1 Å². The summed E-state index contributed by atoms with van der Waals surface area (Å²) in [7, 11) is 0. The molecule has 1 aliphatic heterocycles. The van der Waals surface area contributed by atoms with E-state index in [9.17, 15) is 13.2 Å². The van der Waals surface area contributed by atoms with E-state index < -0.39 is 11.7 Å². The molecule has 0 saturated carbocycles. The number of pyridine rings is 1. The topological polar surface area (TPSA) is 52.0 Å². The molecule has 2 aromatic heterocycles. The van der Waals surface area contributed by atoms with Gasteiger partial charge >= 0.3 is 6.18 Å². The second-order valence-corrected chi connectivity index (χ2v) is 6.65. The third-order valence-corrected chi connectivity index (χ3v) is 4.69. The first-order valence-corrected chi connectivity index (χ1v) is 8.82. The standard InChI is InChI=1S/C19H19F3N4O/c1-12-17-10-16(27-15-5-7-23-8-6-15)11-24-18(17)26(25-12)14-4-2-3-13(9-14)19(20,21)22/h2-4,9-11,15,23H,5-8H2,1H3. The SMILES string of the molecule is Cc1nn(-c2cccc(C(F)(F)F)c2)c2ncc(OC3CCNCC3)cc12. The quantitative estimate of drug-likeness (QED) is 0.754. The lowest BCUT2D eigenvalue weighted by atomic mass is 10.1. The molecule has 0 aliphatic carbocycles. The van der Waals surface area contributed by atoms with Crippen molar-refractivity contribution in [1.82, 2.24) is 20.1 Å². The van der Waals surface area contributed by atoms with Gasteiger partial charge in [-0.2, -0.15) is 18.3 Å². The van der Waals surface area contributed by atoms with Gasteiger partial charge in [-0.3, -0.25) is 0 Å². The number of piperidine rings is 1. The Morgan fingerprint density at radius 3 is 2.70 bits per heavy atom. The van der Waals surface area contributed by atoms with E-state index in [0.29, 0.717) is 22.8 Å². The van der Waals surface area contributed by atoms with Gasteiger partial charge in [0.15, 0.2) is 5.65 Å². The molecule has 1 aromatic carbocycles. The zero-order valence-electron chi connectivity index (χ0n) is 14.8. The van der Waals surface area contributed by atoms with Gasteiger partial charge in [-0.1, -0.05) is 6.07 Å². The van der Waals surface area contributed by atoms with Crippen LogP contribution in [0.5, 0.6) is 5.75 Å². The highest BCUT2D eigenvalue weighted by atomic mass is 19.4. The highest BCUT2D eigenvalue weighted by Gasteiger charge is 2.30. The molecule has 3 aromatic rings. The summed E-state index contributed by atoms with van der Waals surface area (Å²) < 4.78 is 46.5. The molecule has 0 radical (unpaired) electrons. The van der Waals surface area contributed by atoms with Gasteiger partial charge in [0.25, 0.3) is 0 Å². The monoisotopic (exact) mass is 376 g/mol. The molecule has 8 heteroatoms. The maximum Gasteiger partial charge on any atom is 0.416 e. The Hall–Kier alpha value is -2.61. The molecule has 0 bridgehead atoms. The van der Waals surface area contributed by atoms with Gasteiger partial charge in [0.2, 0.25) is 0 Å². The van der Waals surface area contributed by atoms with Gasteiger partial charge in [-0.25, -0.2) is 9.67 Å². The highest BCUT2D eigenvalue weighted by molar-refractivity contribution is 5.81. The molecule has 0 unspecified atom stereocenters. The number of ether oxygens (including phenoxy) is 1. The number of nitrogens with one attached hydrogen (secondary N) is 1. The van der Waals surface area contributed by atoms with E-state index >= 15 is 0 Å². The number of aromatic nitrogens is 3. The molecule has 0 spiro atoms. The van der Waals surface area contributed by atoms with Crippen molar-refractivity contribution < 1.29 is 17.9 Å². The zero-order valence-corrected chi connectivity index (χ0v) is 14.8. The summed E-state index contributed by atoms with van der Waals surface area (Å²) in [6.45, 7) is 3.65. The van der Waals surface area contributed by atoms with Gasteiger partial charge < -0.3 is 10.1 Å². The first-order chi connectivity index (χ1) is 12.9. The second-order valence-electron chi connectivity index (χ2n) is 6.65. The summed E-state index contributed by atoms with van der Waals surface area (Å²) in [5.41, 5.74) is 0.796. The van der Waals surface area contributed by atoms with E-state index in [0.717, 1.165) is 43.5 Å². The van der Waals surface area contributed by atoms with Gasteiger partial charge in [-0.15, -0.1) is 0 Å². The van der Waals surface area contributed by atoms with Crippen LogP contribution in [0.2, 0.25) is 0 Å². The summed E-state index contributed by atoms with van der Waals surface area (Å²) in [6.07, 6.45) is -0.794. The fraction of sp³-hybridized carbons (Fsp3) is 0.368. The Morgan fingerprint density at radius 2 is 1.96 bits per heavy atom. The molecule has 5 nitrogen and oxygen atoms in total. The largest absolute Gasteiger partial charge is 0.489 e. The molecule has 142 valence electrons. The van der Waals surface area contributed by atoms with Crippen molar-refractivity contribution in [3.63, 3.8) is 0 Å². The number of hydrogen-bond acceptors (Lipinski definition) is 4. The summed E-state index contributed by atoms with van der Waals surface area (Å²) in [4.78, 5) is 4.41. The number of nitrogens with zero attached hydrogens (tertiary/aromatic N) is 3. The lowest BCUT2D eigenvalue weighted by Crippen LogP contribution is -2.34. The molecule has 0 amide bonds. The number of halogens is 3. The number of hydrogen-bond donors (Lipinski definition) is 1. The summed E-state index contributed by atoms with van der Waals surface area (Å²) in [5.74, 6) is 0.654. The normalized spacial score (nSPS) is 16.0. The molecule has 4 rings (SSSR count). The second kappa shape index (κ2) is 6.84. The summed E-state index contributed by atoms with van der Waals surface area (Å²) in [5, 5.41) is 8.44. The van der Waals surface area contributed by atoms with E-state index in [1.54, 1.807) is 12.3 Å². The predicted molar refractivity (Wildman–Crippen MR) is 95.1 cm³/mol. The molecular weight excluding hydrogens is 357 g/mol. The summed E-state index contributed by atoms with van der Waals surface area (Å²) >= 11 is 0. The Labute approximate surface area is 154 Å². The highest BCUT2D eigenvalue weighted by Crippen LogP contribution is 2.31. The first kappa shape index (κ1) is 17.8. The minimum absolute atomic E-state index is 0.143. The Balaban J connectivity index is 1.69. The lowest BCUT2D eigenvalue weighted by Gasteiger charge is -2.23. The van der Waals surface area contributed by atoms with E-state index in [1.165, 1.54) is 10.7 Å². The third-order valence-electron chi connectivity index (χ3n) is 4.69. The van der Waals surface area contributed by atoms with Crippen molar-refractivity contribution in [3.05, 3.63) is 47.8 Å². The first-order valence-electron chi connectivity index (χ1n) is 8.82. The minimum Gasteiger partial charge on any atom is -0.489 e. The molecule has 1 N–H and O–H groups in total. The Bertz CT molecular complexity index is 961. The van der Waals surface area contributed by atoms with Crippen LogP contribution in [0.3, 0.4) is 0 Å². The average molecular weight is 376 g/mol. The molecule has 1 fully saturated rings. The van der Waals surface area contributed by atoms with Crippen LogP contribution in [-0.2, 0) is 6.18 Å². The average Bonchev–Trinajstić information content (AvgIpc) is 2.98. The number of fused-ring (bicyclic) bond motifs is 1. The third kappa shape index (κ3) is 3.62. The molecule has 1 aliphatic rings. The number of aryl methyl sites for hydroxylation is 1. The van der Waals surface area contributed by atoms with Crippen molar-refractivity contribution in [2.24, 2.45) is 0 Å². The number of rotatable bonds is 3. The van der Waals surface area contributed by atoms with Crippen LogP contribution in [0, 0.1) is 6.92 Å². The van der Waals surface area contributed by atoms with E-state index in [1.807, 2.05) is 13.0 Å². The Kier molecular flexibility index (Phi) is 4.51.